The van der Waals surface area contributed by atoms with Crippen molar-refractivity contribution in [1.29, 1.82) is 0 Å². The highest BCUT2D eigenvalue weighted by Gasteiger charge is 2.17. The summed E-state index contributed by atoms with van der Waals surface area (Å²) in [7, 11) is 0. The van der Waals surface area contributed by atoms with E-state index in [0.717, 1.165) is 11.8 Å². The Morgan fingerprint density at radius 2 is 1.12 bits per heavy atom. The summed E-state index contributed by atoms with van der Waals surface area (Å²) in [5.74, 6) is 1.84. The van der Waals surface area contributed by atoms with E-state index in [9.17, 15) is 0 Å². The molecule has 0 aliphatic heterocycles. The summed E-state index contributed by atoms with van der Waals surface area (Å²) < 4.78 is 0. The van der Waals surface area contributed by atoms with E-state index in [-0.39, 0.29) is 0 Å². The smallest absolute Gasteiger partial charge is 0.0354 e. The van der Waals surface area contributed by atoms with E-state index in [1.807, 2.05) is 0 Å². The van der Waals surface area contributed by atoms with Gasteiger partial charge in [0.25, 0.3) is 0 Å². The first-order chi connectivity index (χ1) is 7.91. The number of rotatable bonds is 10. The highest BCUT2D eigenvalue weighted by Crippen LogP contribution is 2.31. The molecule has 0 rings (SSSR count). The third-order valence-electron chi connectivity index (χ3n) is 4.49. The molecule has 0 aromatic rings. The van der Waals surface area contributed by atoms with Gasteiger partial charge in [-0.05, 0) is 30.1 Å². The second-order valence-corrected chi connectivity index (χ2v) is 6.98. The van der Waals surface area contributed by atoms with Crippen LogP contribution in [-0.2, 0) is 0 Å². The molecule has 0 aromatic heterocycles. The summed E-state index contributed by atoms with van der Waals surface area (Å²) in [6, 6.07) is 0. The molecule has 0 amide bonds. The lowest BCUT2D eigenvalue weighted by atomic mass is 9.80. The van der Waals surface area contributed by atoms with E-state index in [2.05, 4.69) is 41.5 Å². The predicted octanol–water partition coefficient (Wildman–Crippen LogP) is 6.45. The molecule has 0 spiro atoms. The van der Waals surface area contributed by atoms with Crippen LogP contribution in [0.15, 0.2) is 0 Å². The second-order valence-electron chi connectivity index (χ2n) is 6.98. The van der Waals surface area contributed by atoms with Crippen molar-refractivity contribution in [3.63, 3.8) is 0 Å². The Morgan fingerprint density at radius 1 is 0.765 bits per heavy atom. The molecule has 2 atom stereocenters. The summed E-state index contributed by atoms with van der Waals surface area (Å²) in [6.07, 6.45) is 11.2. The average Bonchev–Trinajstić information content (AvgIpc) is 2.27. The molecule has 0 aliphatic rings. The maximum absolute atomic E-state index is 2.46. The van der Waals surface area contributed by atoms with Crippen LogP contribution in [0.5, 0.6) is 0 Å². The molecule has 0 aliphatic carbocycles. The van der Waals surface area contributed by atoms with Gasteiger partial charge < -0.3 is 0 Å². The van der Waals surface area contributed by atoms with Crippen molar-refractivity contribution in [3.8, 4) is 0 Å². The van der Waals surface area contributed by atoms with Gasteiger partial charge in [-0.1, -0.05) is 80.1 Å². The zero-order valence-electron chi connectivity index (χ0n) is 13.3. The SMILES string of the molecule is CCC(C)CCCC(C)(C)CCCC(C)CC. The number of hydrogen-bond donors (Lipinski definition) is 0. The highest BCUT2D eigenvalue weighted by molar-refractivity contribution is 4.70. The first-order valence-corrected chi connectivity index (χ1v) is 7.91. The Labute approximate surface area is 111 Å². The van der Waals surface area contributed by atoms with Gasteiger partial charge in [-0.3, -0.25) is 0 Å². The van der Waals surface area contributed by atoms with Crippen molar-refractivity contribution in [1.82, 2.24) is 0 Å². The van der Waals surface area contributed by atoms with Gasteiger partial charge in [-0.2, -0.15) is 0 Å². The number of hydrogen-bond acceptors (Lipinski definition) is 0. The van der Waals surface area contributed by atoms with E-state index in [1.165, 1.54) is 51.4 Å². The lowest BCUT2D eigenvalue weighted by molar-refractivity contribution is 0.268. The van der Waals surface area contributed by atoms with E-state index >= 15 is 0 Å². The topological polar surface area (TPSA) is 0 Å². The van der Waals surface area contributed by atoms with Gasteiger partial charge in [0.15, 0.2) is 0 Å². The van der Waals surface area contributed by atoms with Crippen LogP contribution < -0.4 is 0 Å². The van der Waals surface area contributed by atoms with Crippen LogP contribution in [0.4, 0.5) is 0 Å². The van der Waals surface area contributed by atoms with Gasteiger partial charge in [0.1, 0.15) is 0 Å². The standard InChI is InChI=1S/C17H36/c1-7-15(3)11-9-13-17(5,6)14-10-12-16(4)8-2/h15-16H,7-14H2,1-6H3. The molecule has 0 saturated heterocycles. The molecule has 104 valence electrons. The van der Waals surface area contributed by atoms with Crippen molar-refractivity contribution >= 4 is 0 Å². The van der Waals surface area contributed by atoms with Gasteiger partial charge >= 0.3 is 0 Å². The van der Waals surface area contributed by atoms with E-state index < -0.39 is 0 Å². The van der Waals surface area contributed by atoms with Crippen LogP contribution in [0.2, 0.25) is 0 Å². The Kier molecular flexibility index (Phi) is 9.00. The summed E-state index contributed by atoms with van der Waals surface area (Å²) in [4.78, 5) is 0. The van der Waals surface area contributed by atoms with Crippen molar-refractivity contribution in [3.05, 3.63) is 0 Å². The zero-order valence-corrected chi connectivity index (χ0v) is 13.3. The maximum Gasteiger partial charge on any atom is -0.0354 e. The molecular weight excluding hydrogens is 204 g/mol. The molecule has 0 bridgehead atoms. The zero-order chi connectivity index (χ0) is 13.3. The third-order valence-corrected chi connectivity index (χ3v) is 4.49. The van der Waals surface area contributed by atoms with Crippen LogP contribution in [0.1, 0.15) is 92.9 Å². The molecular formula is C17H36. The monoisotopic (exact) mass is 240 g/mol. The van der Waals surface area contributed by atoms with E-state index in [0.29, 0.717) is 5.41 Å². The lowest BCUT2D eigenvalue weighted by Crippen LogP contribution is -2.12. The molecule has 0 saturated carbocycles. The molecule has 0 radical (unpaired) electrons. The predicted molar refractivity (Wildman–Crippen MR) is 80.4 cm³/mol. The summed E-state index contributed by atoms with van der Waals surface area (Å²) in [6.45, 7) is 14.3. The third kappa shape index (κ3) is 9.68. The average molecular weight is 240 g/mol. The maximum atomic E-state index is 2.46. The minimum atomic E-state index is 0.570. The molecule has 2 unspecified atom stereocenters. The van der Waals surface area contributed by atoms with Gasteiger partial charge in [0, 0.05) is 0 Å². The summed E-state index contributed by atoms with van der Waals surface area (Å²) in [5, 5.41) is 0. The Hall–Kier alpha value is 0. The fourth-order valence-electron chi connectivity index (χ4n) is 2.39. The fraction of sp³-hybridized carbons (Fsp3) is 1.00. The van der Waals surface area contributed by atoms with Gasteiger partial charge in [-0.15, -0.1) is 0 Å². The molecule has 0 nitrogen and oxygen atoms in total. The summed E-state index contributed by atoms with van der Waals surface area (Å²) >= 11 is 0. The fourth-order valence-corrected chi connectivity index (χ4v) is 2.39. The largest absolute Gasteiger partial charge is 0.0651 e. The van der Waals surface area contributed by atoms with Crippen LogP contribution >= 0.6 is 0 Å². The quantitative estimate of drug-likeness (QED) is 0.412. The normalized spacial score (nSPS) is 15.9. The first kappa shape index (κ1) is 17.0. The van der Waals surface area contributed by atoms with E-state index in [1.54, 1.807) is 0 Å². The van der Waals surface area contributed by atoms with Crippen LogP contribution in [0, 0.1) is 17.3 Å². The van der Waals surface area contributed by atoms with Crippen LogP contribution in [0.25, 0.3) is 0 Å². The first-order valence-electron chi connectivity index (χ1n) is 7.91. The van der Waals surface area contributed by atoms with Crippen molar-refractivity contribution in [2.24, 2.45) is 17.3 Å². The molecule has 0 N–H and O–H groups in total. The molecule has 0 aromatic carbocycles. The van der Waals surface area contributed by atoms with Gasteiger partial charge in [-0.25, -0.2) is 0 Å². The van der Waals surface area contributed by atoms with Crippen molar-refractivity contribution in [2.45, 2.75) is 92.9 Å². The van der Waals surface area contributed by atoms with Gasteiger partial charge in [0.2, 0.25) is 0 Å². The minimum Gasteiger partial charge on any atom is -0.0651 e. The van der Waals surface area contributed by atoms with Crippen molar-refractivity contribution in [2.75, 3.05) is 0 Å². The minimum absolute atomic E-state index is 0.570. The Balaban J connectivity index is 3.65. The van der Waals surface area contributed by atoms with Crippen LogP contribution in [0.3, 0.4) is 0 Å². The highest BCUT2D eigenvalue weighted by atomic mass is 14.2. The molecule has 0 heteroatoms. The summed E-state index contributed by atoms with van der Waals surface area (Å²) in [5.41, 5.74) is 0.570. The van der Waals surface area contributed by atoms with E-state index in [4.69, 9.17) is 0 Å². The molecule has 17 heavy (non-hydrogen) atoms. The Bertz CT molecular complexity index is 151. The van der Waals surface area contributed by atoms with Gasteiger partial charge in [0.05, 0.1) is 0 Å². The van der Waals surface area contributed by atoms with Crippen molar-refractivity contribution < 1.29 is 0 Å². The van der Waals surface area contributed by atoms with Crippen LogP contribution in [-0.4, -0.2) is 0 Å². The molecule has 0 fully saturated rings. The lowest BCUT2D eigenvalue weighted by Gasteiger charge is -2.25. The second kappa shape index (κ2) is 9.00. The Morgan fingerprint density at radius 3 is 1.41 bits per heavy atom. The molecule has 0 heterocycles.